The summed E-state index contributed by atoms with van der Waals surface area (Å²) in [7, 11) is -3.80. The van der Waals surface area contributed by atoms with Crippen molar-refractivity contribution >= 4 is 21.8 Å². The highest BCUT2D eigenvalue weighted by Gasteiger charge is 2.20. The molecule has 162 valence electrons. The standard InChI is InChI=1S/C22H22N2O6S/c1-13-5-4-6-18(21(13)26)22(27)30-12-20(25)19-11-14(2)24(15(19)3)16-7-9-17(10-8-16)31(23,28)29/h4-11,26H,12H2,1-3H3,(H2,23,28,29). The van der Waals surface area contributed by atoms with Crippen LogP contribution >= 0.6 is 0 Å². The van der Waals surface area contributed by atoms with Gasteiger partial charge in [-0.15, -0.1) is 0 Å². The molecule has 3 N–H and O–H groups in total. The van der Waals surface area contributed by atoms with Crippen LogP contribution in [0.1, 0.15) is 37.7 Å². The lowest BCUT2D eigenvalue weighted by Gasteiger charge is -2.11. The molecule has 0 saturated carbocycles. The lowest BCUT2D eigenvalue weighted by molar-refractivity contribution is 0.0471. The van der Waals surface area contributed by atoms with E-state index in [-0.39, 0.29) is 16.2 Å². The predicted molar refractivity (Wildman–Crippen MR) is 114 cm³/mol. The molecule has 0 aliphatic rings. The number of aromatic nitrogens is 1. The van der Waals surface area contributed by atoms with Gasteiger partial charge in [-0.3, -0.25) is 4.79 Å². The Bertz CT molecular complexity index is 1270. The zero-order chi connectivity index (χ0) is 22.9. The predicted octanol–water partition coefficient (Wildman–Crippen LogP) is 2.80. The Balaban J connectivity index is 1.80. The molecule has 0 unspecified atom stereocenters. The molecule has 2 aromatic carbocycles. The molecule has 0 atom stereocenters. The first kappa shape index (κ1) is 22.3. The van der Waals surface area contributed by atoms with Crippen molar-refractivity contribution in [2.24, 2.45) is 5.14 Å². The van der Waals surface area contributed by atoms with E-state index in [2.05, 4.69) is 0 Å². The number of rotatable bonds is 6. The van der Waals surface area contributed by atoms with E-state index in [4.69, 9.17) is 9.88 Å². The van der Waals surface area contributed by atoms with E-state index in [0.717, 1.165) is 5.69 Å². The number of carbonyl (C=O) groups is 2. The highest BCUT2D eigenvalue weighted by molar-refractivity contribution is 7.89. The fraction of sp³-hybridized carbons (Fsp3) is 0.182. The molecule has 1 aromatic heterocycles. The molecule has 0 radical (unpaired) electrons. The number of Topliss-reactive ketones (excluding diaryl/α,β-unsaturated/α-hetero) is 1. The largest absolute Gasteiger partial charge is 0.507 e. The van der Waals surface area contributed by atoms with Crippen LogP contribution in [0.5, 0.6) is 5.75 Å². The number of aryl methyl sites for hydroxylation is 2. The van der Waals surface area contributed by atoms with Crippen molar-refractivity contribution in [3.63, 3.8) is 0 Å². The topological polar surface area (TPSA) is 129 Å². The Hall–Kier alpha value is -3.43. The van der Waals surface area contributed by atoms with Crippen molar-refractivity contribution in [3.8, 4) is 11.4 Å². The number of nitrogens with zero attached hydrogens (tertiary/aromatic N) is 1. The second-order valence-electron chi connectivity index (χ2n) is 7.13. The van der Waals surface area contributed by atoms with Crippen molar-refractivity contribution in [2.75, 3.05) is 6.61 Å². The molecular weight excluding hydrogens is 420 g/mol. The number of esters is 1. The quantitative estimate of drug-likeness (QED) is 0.446. The van der Waals surface area contributed by atoms with Gasteiger partial charge in [0.15, 0.2) is 6.61 Å². The third-order valence-corrected chi connectivity index (χ3v) is 5.88. The Kier molecular flexibility index (Phi) is 6.01. The van der Waals surface area contributed by atoms with Gasteiger partial charge in [0.25, 0.3) is 0 Å². The van der Waals surface area contributed by atoms with Crippen LogP contribution in [0, 0.1) is 20.8 Å². The second-order valence-corrected chi connectivity index (χ2v) is 8.69. The van der Waals surface area contributed by atoms with Crippen LogP contribution in [0.4, 0.5) is 0 Å². The maximum atomic E-state index is 12.7. The summed E-state index contributed by atoms with van der Waals surface area (Å²) < 4.78 is 29.8. The molecular formula is C22H22N2O6S. The first-order chi connectivity index (χ1) is 14.5. The Morgan fingerprint density at radius 1 is 1.03 bits per heavy atom. The van der Waals surface area contributed by atoms with Crippen molar-refractivity contribution < 1.29 is 27.9 Å². The number of ketones is 1. The number of para-hydroxylation sites is 1. The monoisotopic (exact) mass is 442 g/mol. The SMILES string of the molecule is Cc1cccc(C(=O)OCC(=O)c2cc(C)n(-c3ccc(S(N)(=O)=O)cc3)c2C)c1O. The van der Waals surface area contributed by atoms with Crippen LogP contribution < -0.4 is 5.14 Å². The van der Waals surface area contributed by atoms with Gasteiger partial charge in [-0.05, 0) is 62.7 Å². The molecule has 3 rings (SSSR count). The summed E-state index contributed by atoms with van der Waals surface area (Å²) in [5, 5.41) is 15.1. The maximum absolute atomic E-state index is 12.7. The first-order valence-electron chi connectivity index (χ1n) is 9.31. The average molecular weight is 442 g/mol. The van der Waals surface area contributed by atoms with Gasteiger partial charge >= 0.3 is 5.97 Å². The molecule has 0 amide bonds. The zero-order valence-corrected chi connectivity index (χ0v) is 18.1. The van der Waals surface area contributed by atoms with Gasteiger partial charge < -0.3 is 14.4 Å². The number of phenolic OH excluding ortho intramolecular Hbond substituents is 1. The van der Waals surface area contributed by atoms with Crippen molar-refractivity contribution in [1.82, 2.24) is 4.57 Å². The molecule has 3 aromatic rings. The number of hydrogen-bond acceptors (Lipinski definition) is 6. The molecule has 8 nitrogen and oxygen atoms in total. The van der Waals surface area contributed by atoms with E-state index in [9.17, 15) is 23.1 Å². The van der Waals surface area contributed by atoms with Gasteiger partial charge in [-0.25, -0.2) is 18.4 Å². The van der Waals surface area contributed by atoms with Crippen molar-refractivity contribution in [2.45, 2.75) is 25.7 Å². The fourth-order valence-electron chi connectivity index (χ4n) is 3.34. The lowest BCUT2D eigenvalue weighted by Crippen LogP contribution is -2.15. The first-order valence-corrected chi connectivity index (χ1v) is 10.9. The number of primary sulfonamides is 1. The highest BCUT2D eigenvalue weighted by atomic mass is 32.2. The van der Waals surface area contributed by atoms with E-state index < -0.39 is 28.4 Å². The minimum Gasteiger partial charge on any atom is -0.507 e. The van der Waals surface area contributed by atoms with Gasteiger partial charge in [-0.2, -0.15) is 0 Å². The van der Waals surface area contributed by atoms with Crippen LogP contribution in [-0.2, 0) is 14.8 Å². The Morgan fingerprint density at radius 2 is 1.68 bits per heavy atom. The maximum Gasteiger partial charge on any atom is 0.342 e. The summed E-state index contributed by atoms with van der Waals surface area (Å²) >= 11 is 0. The van der Waals surface area contributed by atoms with E-state index >= 15 is 0 Å². The van der Waals surface area contributed by atoms with Crippen LogP contribution in [0.3, 0.4) is 0 Å². The number of nitrogens with two attached hydrogens (primary N) is 1. The number of ether oxygens (including phenoxy) is 1. The van der Waals surface area contributed by atoms with E-state index in [0.29, 0.717) is 22.5 Å². The summed E-state index contributed by atoms with van der Waals surface area (Å²) in [5.74, 6) is -1.37. The van der Waals surface area contributed by atoms with Crippen LogP contribution in [0.2, 0.25) is 0 Å². The van der Waals surface area contributed by atoms with Crippen molar-refractivity contribution in [1.29, 1.82) is 0 Å². The van der Waals surface area contributed by atoms with Gasteiger partial charge in [0.05, 0.1) is 4.90 Å². The van der Waals surface area contributed by atoms with Crippen LogP contribution in [0.25, 0.3) is 5.69 Å². The summed E-state index contributed by atoms with van der Waals surface area (Å²) in [6, 6.07) is 12.3. The molecule has 0 saturated heterocycles. The number of phenols is 1. The third-order valence-electron chi connectivity index (χ3n) is 4.95. The zero-order valence-electron chi connectivity index (χ0n) is 17.2. The minimum atomic E-state index is -3.80. The van der Waals surface area contributed by atoms with Gasteiger partial charge in [0.1, 0.15) is 11.3 Å². The van der Waals surface area contributed by atoms with E-state index in [1.54, 1.807) is 55.7 Å². The van der Waals surface area contributed by atoms with Gasteiger partial charge in [0.2, 0.25) is 15.8 Å². The Labute approximate surface area is 179 Å². The molecule has 31 heavy (non-hydrogen) atoms. The highest BCUT2D eigenvalue weighted by Crippen LogP contribution is 2.24. The summed E-state index contributed by atoms with van der Waals surface area (Å²) in [5.41, 5.74) is 2.90. The molecule has 0 aliphatic carbocycles. The molecule has 0 bridgehead atoms. The Morgan fingerprint density at radius 3 is 2.29 bits per heavy atom. The van der Waals surface area contributed by atoms with E-state index in [1.807, 2.05) is 0 Å². The molecule has 1 heterocycles. The number of carbonyl (C=O) groups excluding carboxylic acids is 2. The third kappa shape index (κ3) is 4.52. The number of sulfonamides is 1. The van der Waals surface area contributed by atoms with Gasteiger partial charge in [-0.1, -0.05) is 12.1 Å². The molecule has 0 spiro atoms. The van der Waals surface area contributed by atoms with Crippen LogP contribution in [-0.4, -0.2) is 36.5 Å². The van der Waals surface area contributed by atoms with E-state index in [1.165, 1.54) is 18.2 Å². The van der Waals surface area contributed by atoms with Gasteiger partial charge in [0, 0.05) is 22.6 Å². The summed E-state index contributed by atoms with van der Waals surface area (Å²) in [4.78, 5) is 24.9. The number of benzene rings is 2. The smallest absolute Gasteiger partial charge is 0.342 e. The lowest BCUT2D eigenvalue weighted by atomic mass is 10.1. The second kappa shape index (κ2) is 8.37. The molecule has 0 aliphatic heterocycles. The number of hydrogen-bond donors (Lipinski definition) is 2. The number of aromatic hydroxyl groups is 1. The summed E-state index contributed by atoms with van der Waals surface area (Å²) in [6.07, 6.45) is 0. The minimum absolute atomic E-state index is 0.00628. The normalized spacial score (nSPS) is 11.4. The fourth-order valence-corrected chi connectivity index (χ4v) is 3.85. The summed E-state index contributed by atoms with van der Waals surface area (Å²) in [6.45, 7) is 4.71. The van der Waals surface area contributed by atoms with Crippen LogP contribution in [0.15, 0.2) is 53.4 Å². The average Bonchev–Trinajstić information content (AvgIpc) is 3.01. The van der Waals surface area contributed by atoms with Crippen molar-refractivity contribution in [3.05, 3.63) is 76.6 Å². The molecule has 9 heteroatoms. The molecule has 0 fully saturated rings.